The molecule has 1 heterocycles. The van der Waals surface area contributed by atoms with Crippen LogP contribution in [0.5, 0.6) is 0 Å². The number of aliphatic hydroxyl groups is 1. The molecule has 3 N–H and O–H groups in total. The van der Waals surface area contributed by atoms with E-state index in [0.717, 1.165) is 18.8 Å². The van der Waals surface area contributed by atoms with Gasteiger partial charge in [0.1, 0.15) is 0 Å². The lowest BCUT2D eigenvalue weighted by molar-refractivity contribution is -0.123. The molecule has 1 aliphatic heterocycles. The summed E-state index contributed by atoms with van der Waals surface area (Å²) in [5, 5.41) is 15.5. The Labute approximate surface area is 96.8 Å². The Morgan fingerprint density at radius 2 is 2.00 bits per heavy atom. The van der Waals surface area contributed by atoms with E-state index in [1.807, 2.05) is 0 Å². The van der Waals surface area contributed by atoms with Crippen LogP contribution < -0.4 is 10.6 Å². The highest BCUT2D eigenvalue weighted by atomic mass is 16.3. The van der Waals surface area contributed by atoms with E-state index in [9.17, 15) is 9.90 Å². The van der Waals surface area contributed by atoms with Crippen LogP contribution in [0.25, 0.3) is 0 Å². The van der Waals surface area contributed by atoms with Crippen LogP contribution in [0.1, 0.15) is 39.0 Å². The summed E-state index contributed by atoms with van der Waals surface area (Å²) in [5.74, 6) is 0.871. The van der Waals surface area contributed by atoms with Gasteiger partial charge >= 0.3 is 0 Å². The van der Waals surface area contributed by atoms with Gasteiger partial charge in [0.05, 0.1) is 12.1 Å². The van der Waals surface area contributed by atoms with E-state index in [0.29, 0.717) is 19.0 Å². The highest BCUT2D eigenvalue weighted by Gasteiger charge is 2.29. The Kier molecular flexibility index (Phi) is 3.82. The highest BCUT2D eigenvalue weighted by molar-refractivity contribution is 5.82. The standard InChI is InChI=1S/C12H22N2O2/c1-8-2-4-9(5-3-8)14-12(16)11-6-10(15)7-13-11/h8-11,13,15H,2-7H2,1H3,(H,14,16)/t8?,9?,10-,11-/m1/s1. The third-order valence-corrected chi connectivity index (χ3v) is 3.79. The van der Waals surface area contributed by atoms with Gasteiger partial charge in [-0.25, -0.2) is 0 Å². The summed E-state index contributed by atoms with van der Waals surface area (Å²) in [4.78, 5) is 11.9. The molecule has 2 atom stereocenters. The number of hydrogen-bond acceptors (Lipinski definition) is 3. The monoisotopic (exact) mass is 226 g/mol. The zero-order valence-corrected chi connectivity index (χ0v) is 9.91. The van der Waals surface area contributed by atoms with Gasteiger partial charge in [0.25, 0.3) is 0 Å². The lowest BCUT2D eigenvalue weighted by Gasteiger charge is -2.27. The third-order valence-electron chi connectivity index (χ3n) is 3.79. The number of carbonyl (C=O) groups excluding carboxylic acids is 1. The van der Waals surface area contributed by atoms with Crippen LogP contribution in [0.2, 0.25) is 0 Å². The van der Waals surface area contributed by atoms with Crippen molar-refractivity contribution in [3.8, 4) is 0 Å². The molecule has 0 spiro atoms. The van der Waals surface area contributed by atoms with Gasteiger partial charge in [-0.3, -0.25) is 4.79 Å². The van der Waals surface area contributed by atoms with Gasteiger partial charge in [-0.15, -0.1) is 0 Å². The minimum absolute atomic E-state index is 0.0658. The van der Waals surface area contributed by atoms with Crippen molar-refractivity contribution in [3.63, 3.8) is 0 Å². The molecular formula is C12H22N2O2. The minimum Gasteiger partial charge on any atom is -0.392 e. The SMILES string of the molecule is CC1CCC(NC(=O)[C@H]2C[C@@H](O)CN2)CC1. The summed E-state index contributed by atoms with van der Waals surface area (Å²) in [5.41, 5.74) is 0. The molecule has 0 unspecified atom stereocenters. The lowest BCUT2D eigenvalue weighted by Crippen LogP contribution is -2.46. The molecule has 1 saturated carbocycles. The second-order valence-electron chi connectivity index (χ2n) is 5.32. The van der Waals surface area contributed by atoms with Crippen molar-refractivity contribution in [2.24, 2.45) is 5.92 Å². The Morgan fingerprint density at radius 3 is 2.56 bits per heavy atom. The first-order valence-corrected chi connectivity index (χ1v) is 6.37. The van der Waals surface area contributed by atoms with E-state index < -0.39 is 0 Å². The zero-order valence-electron chi connectivity index (χ0n) is 9.91. The molecule has 16 heavy (non-hydrogen) atoms. The van der Waals surface area contributed by atoms with Gasteiger partial charge in [-0.1, -0.05) is 6.92 Å². The van der Waals surface area contributed by atoms with Crippen LogP contribution in [-0.4, -0.2) is 35.7 Å². The maximum Gasteiger partial charge on any atom is 0.237 e. The summed E-state index contributed by atoms with van der Waals surface area (Å²) in [6, 6.07) is 0.164. The van der Waals surface area contributed by atoms with Crippen LogP contribution in [0.4, 0.5) is 0 Å². The van der Waals surface area contributed by atoms with Gasteiger partial charge in [0.15, 0.2) is 0 Å². The van der Waals surface area contributed by atoms with E-state index in [1.54, 1.807) is 0 Å². The fourth-order valence-electron chi connectivity index (χ4n) is 2.62. The van der Waals surface area contributed by atoms with Crippen molar-refractivity contribution in [2.45, 2.75) is 57.2 Å². The molecule has 92 valence electrons. The molecule has 0 radical (unpaired) electrons. The van der Waals surface area contributed by atoms with Crippen LogP contribution in [0.15, 0.2) is 0 Å². The van der Waals surface area contributed by atoms with Crippen molar-refractivity contribution < 1.29 is 9.90 Å². The Morgan fingerprint density at radius 1 is 1.31 bits per heavy atom. The van der Waals surface area contributed by atoms with Crippen molar-refractivity contribution in [1.29, 1.82) is 0 Å². The zero-order chi connectivity index (χ0) is 11.5. The average Bonchev–Trinajstić information content (AvgIpc) is 2.68. The number of β-amino-alcohol motifs (C(OH)–C–C–N with tert-alkyl or cyclic N) is 1. The van der Waals surface area contributed by atoms with Gasteiger partial charge in [-0.2, -0.15) is 0 Å². The summed E-state index contributed by atoms with van der Waals surface area (Å²) in [7, 11) is 0. The molecule has 2 fully saturated rings. The molecule has 0 aromatic carbocycles. The quantitative estimate of drug-likeness (QED) is 0.639. The van der Waals surface area contributed by atoms with E-state index >= 15 is 0 Å². The molecule has 2 rings (SSSR count). The molecule has 2 aliphatic rings. The molecule has 1 saturated heterocycles. The fourth-order valence-corrected chi connectivity index (χ4v) is 2.62. The van der Waals surface area contributed by atoms with Crippen molar-refractivity contribution in [2.75, 3.05) is 6.54 Å². The van der Waals surface area contributed by atoms with Gasteiger partial charge < -0.3 is 15.7 Å². The lowest BCUT2D eigenvalue weighted by atomic mass is 9.87. The third kappa shape index (κ3) is 2.95. The Bertz CT molecular complexity index is 249. The normalized spacial score (nSPS) is 39.6. The highest BCUT2D eigenvalue weighted by Crippen LogP contribution is 2.23. The van der Waals surface area contributed by atoms with Crippen molar-refractivity contribution in [3.05, 3.63) is 0 Å². The minimum atomic E-state index is -0.359. The second kappa shape index (κ2) is 5.15. The topological polar surface area (TPSA) is 61.4 Å². The summed E-state index contributed by atoms with van der Waals surface area (Å²) < 4.78 is 0. The van der Waals surface area contributed by atoms with Crippen LogP contribution in [0, 0.1) is 5.92 Å². The van der Waals surface area contributed by atoms with Gasteiger partial charge in [0, 0.05) is 12.6 Å². The molecule has 4 heteroatoms. The number of amides is 1. The number of nitrogens with one attached hydrogen (secondary N) is 2. The number of rotatable bonds is 2. The molecule has 1 aliphatic carbocycles. The molecule has 4 nitrogen and oxygen atoms in total. The van der Waals surface area contributed by atoms with Crippen LogP contribution in [-0.2, 0) is 4.79 Å². The predicted octanol–water partition coefficient (Wildman–Crippen LogP) is 0.404. The van der Waals surface area contributed by atoms with Crippen molar-refractivity contribution in [1.82, 2.24) is 10.6 Å². The molecular weight excluding hydrogens is 204 g/mol. The van der Waals surface area contributed by atoms with E-state index in [-0.39, 0.29) is 18.1 Å². The van der Waals surface area contributed by atoms with Gasteiger partial charge in [-0.05, 0) is 38.0 Å². The molecule has 0 aromatic heterocycles. The Balaban J connectivity index is 1.75. The average molecular weight is 226 g/mol. The first-order valence-electron chi connectivity index (χ1n) is 6.37. The van der Waals surface area contributed by atoms with Crippen LogP contribution >= 0.6 is 0 Å². The summed E-state index contributed by atoms with van der Waals surface area (Å²) in [6.07, 6.45) is 4.82. The molecule has 1 amide bonds. The maximum atomic E-state index is 11.9. The summed E-state index contributed by atoms with van der Waals surface area (Å²) in [6.45, 7) is 2.81. The number of hydrogen-bond donors (Lipinski definition) is 3. The van der Waals surface area contributed by atoms with Crippen LogP contribution in [0.3, 0.4) is 0 Å². The number of aliphatic hydroxyl groups excluding tert-OH is 1. The van der Waals surface area contributed by atoms with Crippen molar-refractivity contribution >= 4 is 5.91 Å². The molecule has 0 bridgehead atoms. The second-order valence-corrected chi connectivity index (χ2v) is 5.32. The van der Waals surface area contributed by atoms with E-state index in [2.05, 4.69) is 17.6 Å². The van der Waals surface area contributed by atoms with E-state index in [4.69, 9.17) is 0 Å². The van der Waals surface area contributed by atoms with Gasteiger partial charge in [0.2, 0.25) is 5.91 Å². The number of carbonyl (C=O) groups is 1. The first kappa shape index (κ1) is 11.9. The molecule has 0 aromatic rings. The smallest absolute Gasteiger partial charge is 0.237 e. The fraction of sp³-hybridized carbons (Fsp3) is 0.917. The predicted molar refractivity (Wildman–Crippen MR) is 62.0 cm³/mol. The maximum absolute atomic E-state index is 11.9. The largest absolute Gasteiger partial charge is 0.392 e. The van der Waals surface area contributed by atoms with E-state index in [1.165, 1.54) is 12.8 Å². The Hall–Kier alpha value is -0.610. The summed E-state index contributed by atoms with van der Waals surface area (Å²) >= 11 is 0. The first-order chi connectivity index (χ1) is 7.65.